The fourth-order valence-corrected chi connectivity index (χ4v) is 2.46. The highest BCUT2D eigenvalue weighted by Gasteiger charge is 2.10. The van der Waals surface area contributed by atoms with E-state index in [0.717, 1.165) is 24.1 Å². The lowest BCUT2D eigenvalue weighted by Gasteiger charge is -2.10. The number of rotatable bonds is 8. The van der Waals surface area contributed by atoms with Crippen molar-refractivity contribution in [3.05, 3.63) is 63.2 Å². The molecule has 0 spiro atoms. The van der Waals surface area contributed by atoms with Crippen molar-refractivity contribution in [2.45, 2.75) is 19.9 Å². The average Bonchev–Trinajstić information content (AvgIpc) is 2.59. The highest BCUT2D eigenvalue weighted by atomic mass is 16.6. The van der Waals surface area contributed by atoms with Crippen LogP contribution in [0, 0.1) is 17.0 Å². The van der Waals surface area contributed by atoms with Gasteiger partial charge in [0.15, 0.2) is 11.5 Å². The standard InChI is InChI=1S/C18H22N2O4/c1-13-4-5-15(10-16(13)20(21)22)12-19-9-8-14-6-7-17(23-2)18(11-14)24-3/h4-7,10-11,19H,8-9,12H2,1-3H3. The highest BCUT2D eigenvalue weighted by molar-refractivity contribution is 5.43. The molecule has 0 atom stereocenters. The molecule has 0 aliphatic carbocycles. The lowest BCUT2D eigenvalue weighted by molar-refractivity contribution is -0.385. The zero-order valence-electron chi connectivity index (χ0n) is 14.2. The molecule has 24 heavy (non-hydrogen) atoms. The summed E-state index contributed by atoms with van der Waals surface area (Å²) in [5.41, 5.74) is 2.87. The SMILES string of the molecule is COc1ccc(CCNCc2ccc(C)c([N+](=O)[O-])c2)cc1OC. The summed E-state index contributed by atoms with van der Waals surface area (Å²) in [6, 6.07) is 11.2. The Kier molecular flexibility index (Phi) is 6.14. The molecule has 0 heterocycles. The molecule has 0 unspecified atom stereocenters. The van der Waals surface area contributed by atoms with Crippen LogP contribution in [-0.2, 0) is 13.0 Å². The van der Waals surface area contributed by atoms with Crippen LogP contribution in [-0.4, -0.2) is 25.7 Å². The molecule has 0 fully saturated rings. The van der Waals surface area contributed by atoms with Crippen molar-refractivity contribution in [1.82, 2.24) is 5.32 Å². The molecule has 0 aromatic heterocycles. The van der Waals surface area contributed by atoms with Gasteiger partial charge in [-0.25, -0.2) is 0 Å². The van der Waals surface area contributed by atoms with Crippen LogP contribution in [0.15, 0.2) is 36.4 Å². The van der Waals surface area contributed by atoms with Gasteiger partial charge in [-0.05, 0) is 43.1 Å². The zero-order chi connectivity index (χ0) is 17.5. The van der Waals surface area contributed by atoms with Gasteiger partial charge in [-0.1, -0.05) is 18.2 Å². The van der Waals surface area contributed by atoms with Gasteiger partial charge >= 0.3 is 0 Å². The molecular weight excluding hydrogens is 308 g/mol. The topological polar surface area (TPSA) is 73.6 Å². The molecule has 2 aromatic carbocycles. The van der Waals surface area contributed by atoms with Gasteiger partial charge in [0.1, 0.15) is 0 Å². The Morgan fingerprint density at radius 1 is 1.04 bits per heavy atom. The minimum atomic E-state index is -0.345. The fourth-order valence-electron chi connectivity index (χ4n) is 2.46. The van der Waals surface area contributed by atoms with E-state index in [0.29, 0.717) is 23.6 Å². The van der Waals surface area contributed by atoms with Crippen LogP contribution in [0.25, 0.3) is 0 Å². The van der Waals surface area contributed by atoms with Gasteiger partial charge in [-0.2, -0.15) is 0 Å². The lowest BCUT2D eigenvalue weighted by Crippen LogP contribution is -2.16. The maximum absolute atomic E-state index is 11.0. The summed E-state index contributed by atoms with van der Waals surface area (Å²) in [6.07, 6.45) is 0.828. The first-order chi connectivity index (χ1) is 11.5. The number of aryl methyl sites for hydroxylation is 1. The van der Waals surface area contributed by atoms with Crippen LogP contribution in [0.5, 0.6) is 11.5 Å². The van der Waals surface area contributed by atoms with Crippen LogP contribution in [0.2, 0.25) is 0 Å². The molecule has 0 bridgehead atoms. The molecule has 0 radical (unpaired) electrons. The summed E-state index contributed by atoms with van der Waals surface area (Å²) in [4.78, 5) is 10.6. The number of nitrogens with zero attached hydrogens (tertiary/aromatic N) is 1. The van der Waals surface area contributed by atoms with E-state index in [-0.39, 0.29) is 10.6 Å². The molecule has 0 amide bonds. The number of ether oxygens (including phenoxy) is 2. The predicted molar refractivity (Wildman–Crippen MR) is 92.8 cm³/mol. The minimum Gasteiger partial charge on any atom is -0.493 e. The van der Waals surface area contributed by atoms with E-state index < -0.39 is 0 Å². The molecule has 128 valence electrons. The van der Waals surface area contributed by atoms with Gasteiger partial charge in [-0.15, -0.1) is 0 Å². The van der Waals surface area contributed by atoms with E-state index in [1.54, 1.807) is 33.3 Å². The summed E-state index contributed by atoms with van der Waals surface area (Å²) < 4.78 is 10.5. The van der Waals surface area contributed by atoms with Gasteiger partial charge < -0.3 is 14.8 Å². The Morgan fingerprint density at radius 2 is 1.75 bits per heavy atom. The van der Waals surface area contributed by atoms with E-state index in [2.05, 4.69) is 5.32 Å². The molecule has 0 saturated heterocycles. The van der Waals surface area contributed by atoms with Crippen molar-refractivity contribution in [2.75, 3.05) is 20.8 Å². The zero-order valence-corrected chi connectivity index (χ0v) is 14.2. The van der Waals surface area contributed by atoms with Crippen molar-refractivity contribution >= 4 is 5.69 Å². The number of hydrogen-bond acceptors (Lipinski definition) is 5. The maximum atomic E-state index is 11.0. The van der Waals surface area contributed by atoms with Gasteiger partial charge in [-0.3, -0.25) is 10.1 Å². The summed E-state index contributed by atoms with van der Waals surface area (Å²) >= 11 is 0. The first kappa shape index (κ1) is 17.7. The summed E-state index contributed by atoms with van der Waals surface area (Å²) in [5, 5.41) is 14.3. The third-order valence-electron chi connectivity index (χ3n) is 3.84. The minimum absolute atomic E-state index is 0.161. The normalized spacial score (nSPS) is 10.5. The second-order valence-electron chi connectivity index (χ2n) is 5.49. The molecule has 0 aliphatic heterocycles. The van der Waals surface area contributed by atoms with Crippen molar-refractivity contribution in [3.63, 3.8) is 0 Å². The number of hydrogen-bond donors (Lipinski definition) is 1. The van der Waals surface area contributed by atoms with Crippen LogP contribution in [0.4, 0.5) is 5.69 Å². The fraction of sp³-hybridized carbons (Fsp3) is 0.333. The number of methoxy groups -OCH3 is 2. The second-order valence-corrected chi connectivity index (χ2v) is 5.49. The van der Waals surface area contributed by atoms with E-state index >= 15 is 0 Å². The molecule has 0 saturated carbocycles. The Bertz CT molecular complexity index is 716. The maximum Gasteiger partial charge on any atom is 0.272 e. The van der Waals surface area contributed by atoms with Crippen molar-refractivity contribution < 1.29 is 14.4 Å². The van der Waals surface area contributed by atoms with Crippen molar-refractivity contribution in [2.24, 2.45) is 0 Å². The van der Waals surface area contributed by atoms with Gasteiger partial charge in [0.2, 0.25) is 0 Å². The Morgan fingerprint density at radius 3 is 2.42 bits per heavy atom. The lowest BCUT2D eigenvalue weighted by atomic mass is 10.1. The second kappa shape index (κ2) is 8.31. The van der Waals surface area contributed by atoms with Gasteiger partial charge in [0.05, 0.1) is 19.1 Å². The first-order valence-corrected chi connectivity index (χ1v) is 7.70. The molecule has 6 heteroatoms. The molecule has 6 nitrogen and oxygen atoms in total. The highest BCUT2D eigenvalue weighted by Crippen LogP contribution is 2.27. The predicted octanol–water partition coefficient (Wildman–Crippen LogP) is 3.25. The van der Waals surface area contributed by atoms with Crippen LogP contribution in [0.1, 0.15) is 16.7 Å². The van der Waals surface area contributed by atoms with Crippen LogP contribution < -0.4 is 14.8 Å². The Hall–Kier alpha value is -2.60. The smallest absolute Gasteiger partial charge is 0.272 e. The number of nitrogens with one attached hydrogen (secondary N) is 1. The Labute approximate surface area is 141 Å². The third-order valence-corrected chi connectivity index (χ3v) is 3.84. The van der Waals surface area contributed by atoms with Crippen LogP contribution in [0.3, 0.4) is 0 Å². The monoisotopic (exact) mass is 330 g/mol. The number of benzene rings is 2. The molecule has 0 aliphatic rings. The van der Waals surface area contributed by atoms with E-state index in [1.807, 2.05) is 24.3 Å². The van der Waals surface area contributed by atoms with E-state index in [1.165, 1.54) is 0 Å². The quantitative estimate of drug-likeness (QED) is 0.457. The number of nitro groups is 1. The van der Waals surface area contributed by atoms with Gasteiger partial charge in [0.25, 0.3) is 5.69 Å². The third kappa shape index (κ3) is 4.45. The molecule has 1 N–H and O–H groups in total. The first-order valence-electron chi connectivity index (χ1n) is 7.70. The van der Waals surface area contributed by atoms with Gasteiger partial charge in [0, 0.05) is 18.2 Å². The summed E-state index contributed by atoms with van der Waals surface area (Å²) in [7, 11) is 3.23. The van der Waals surface area contributed by atoms with Crippen molar-refractivity contribution in [3.8, 4) is 11.5 Å². The summed E-state index contributed by atoms with van der Waals surface area (Å²) in [5.74, 6) is 1.42. The molecular formula is C18H22N2O4. The molecule has 2 rings (SSSR count). The van der Waals surface area contributed by atoms with E-state index in [9.17, 15) is 10.1 Å². The largest absolute Gasteiger partial charge is 0.493 e. The van der Waals surface area contributed by atoms with Crippen LogP contribution >= 0.6 is 0 Å². The number of nitro benzene ring substituents is 1. The Balaban J connectivity index is 1.89. The van der Waals surface area contributed by atoms with E-state index in [4.69, 9.17) is 9.47 Å². The average molecular weight is 330 g/mol. The van der Waals surface area contributed by atoms with Crippen molar-refractivity contribution in [1.29, 1.82) is 0 Å². The molecule has 2 aromatic rings. The summed E-state index contributed by atoms with van der Waals surface area (Å²) in [6.45, 7) is 3.10.